The highest BCUT2D eigenvalue weighted by Crippen LogP contribution is 2.42. The van der Waals surface area contributed by atoms with Crippen molar-refractivity contribution in [3.8, 4) is 50.4 Å². The summed E-state index contributed by atoms with van der Waals surface area (Å²) in [6, 6.07) is 56.3. The van der Waals surface area contributed by atoms with Crippen molar-refractivity contribution >= 4 is 65.3 Å². The molecule has 0 spiro atoms. The van der Waals surface area contributed by atoms with E-state index in [0.29, 0.717) is 17.6 Å². The monoisotopic (exact) mass is 697 g/mol. The molecule has 0 fully saturated rings. The Labute approximate surface area is 307 Å². The fraction of sp³-hybridized carbons (Fsp3) is 0. The smallest absolute Gasteiger partial charge is 0.238 e. The number of nitrogens with zero attached hydrogens (tertiary/aromatic N) is 5. The SMILES string of the molecule is c1ccc(-c2ccc(-c3nc(-c4cccc5oc6c(-c7nc8ccccc8s7)cccc6c45)nc(-n4c5ccccc5c5ccccc54)n3)cc2)cc1. The van der Waals surface area contributed by atoms with Crippen molar-refractivity contribution in [2.45, 2.75) is 0 Å². The number of thiazole rings is 1. The van der Waals surface area contributed by atoms with E-state index in [0.717, 1.165) is 86.8 Å². The van der Waals surface area contributed by atoms with Gasteiger partial charge in [-0.05, 0) is 47.5 Å². The Bertz CT molecular complexity index is 3090. The molecule has 0 saturated carbocycles. The number of para-hydroxylation sites is 4. The lowest BCUT2D eigenvalue weighted by atomic mass is 10.0. The summed E-state index contributed by atoms with van der Waals surface area (Å²) in [4.78, 5) is 20.6. The number of fused-ring (bicyclic) bond motifs is 7. The molecule has 0 bridgehead atoms. The predicted molar refractivity (Wildman–Crippen MR) is 216 cm³/mol. The van der Waals surface area contributed by atoms with Crippen molar-refractivity contribution in [3.05, 3.63) is 164 Å². The van der Waals surface area contributed by atoms with E-state index in [-0.39, 0.29) is 0 Å². The molecule has 6 nitrogen and oxygen atoms in total. The Balaban J connectivity index is 1.15. The molecule has 0 radical (unpaired) electrons. The second-order valence-electron chi connectivity index (χ2n) is 13.0. The molecule has 4 heterocycles. The van der Waals surface area contributed by atoms with E-state index in [2.05, 4.69) is 138 Å². The van der Waals surface area contributed by atoms with Crippen LogP contribution in [0.1, 0.15) is 0 Å². The van der Waals surface area contributed by atoms with Gasteiger partial charge in [0.2, 0.25) is 5.95 Å². The van der Waals surface area contributed by atoms with Crippen LogP contribution < -0.4 is 0 Å². The number of benzene rings is 7. The lowest BCUT2D eigenvalue weighted by molar-refractivity contribution is 0.670. The minimum atomic E-state index is 0.550. The fourth-order valence-corrected chi connectivity index (χ4v) is 8.47. The Hall–Kier alpha value is -6.96. The first-order valence-corrected chi connectivity index (χ1v) is 18.3. The summed E-state index contributed by atoms with van der Waals surface area (Å²) < 4.78 is 9.97. The number of hydrogen-bond acceptors (Lipinski definition) is 6. The molecule has 0 amide bonds. The second kappa shape index (κ2) is 11.8. The van der Waals surface area contributed by atoms with Crippen LogP contribution in [0, 0.1) is 0 Å². The summed E-state index contributed by atoms with van der Waals surface area (Å²) in [5.41, 5.74) is 9.62. The van der Waals surface area contributed by atoms with Crippen molar-refractivity contribution in [2.24, 2.45) is 0 Å². The Morgan fingerprint density at radius 3 is 1.87 bits per heavy atom. The molecule has 11 aromatic rings. The van der Waals surface area contributed by atoms with Crippen LogP contribution in [0.25, 0.3) is 104 Å². The zero-order valence-electron chi connectivity index (χ0n) is 28.1. The first-order valence-electron chi connectivity index (χ1n) is 17.5. The molecule has 0 unspecified atom stereocenters. The molecule has 248 valence electrons. The Kier molecular flexibility index (Phi) is 6.62. The van der Waals surface area contributed by atoms with Crippen molar-refractivity contribution in [2.75, 3.05) is 0 Å². The molecule has 0 N–H and O–H groups in total. The normalized spacial score (nSPS) is 11.8. The summed E-state index contributed by atoms with van der Waals surface area (Å²) in [6.45, 7) is 0. The summed E-state index contributed by atoms with van der Waals surface area (Å²) in [6.07, 6.45) is 0. The lowest BCUT2D eigenvalue weighted by Gasteiger charge is -2.12. The summed E-state index contributed by atoms with van der Waals surface area (Å²) in [5, 5.41) is 5.15. The number of rotatable bonds is 5. The van der Waals surface area contributed by atoms with E-state index in [1.807, 2.05) is 30.3 Å². The molecular weight excluding hydrogens is 671 g/mol. The third kappa shape index (κ3) is 4.79. The van der Waals surface area contributed by atoms with Crippen molar-refractivity contribution in [1.82, 2.24) is 24.5 Å². The average Bonchev–Trinajstić information content (AvgIpc) is 3.93. The molecule has 7 aromatic carbocycles. The maximum Gasteiger partial charge on any atom is 0.238 e. The van der Waals surface area contributed by atoms with Crippen LogP contribution in [0.15, 0.2) is 168 Å². The zero-order valence-corrected chi connectivity index (χ0v) is 29.0. The molecule has 0 aliphatic carbocycles. The van der Waals surface area contributed by atoms with Gasteiger partial charge in [-0.25, -0.2) is 9.97 Å². The summed E-state index contributed by atoms with van der Waals surface area (Å²) >= 11 is 1.67. The van der Waals surface area contributed by atoms with E-state index < -0.39 is 0 Å². The van der Waals surface area contributed by atoms with Crippen LogP contribution in [0.3, 0.4) is 0 Å². The highest BCUT2D eigenvalue weighted by Gasteiger charge is 2.22. The number of hydrogen-bond donors (Lipinski definition) is 0. The maximum absolute atomic E-state index is 6.67. The van der Waals surface area contributed by atoms with Gasteiger partial charge in [0.1, 0.15) is 16.2 Å². The van der Waals surface area contributed by atoms with Crippen molar-refractivity contribution in [1.29, 1.82) is 0 Å². The minimum Gasteiger partial charge on any atom is -0.455 e. The molecular formula is C46H27N5OS. The van der Waals surface area contributed by atoms with Gasteiger partial charge in [0.25, 0.3) is 0 Å². The first kappa shape index (κ1) is 29.7. The maximum atomic E-state index is 6.67. The minimum absolute atomic E-state index is 0.550. The van der Waals surface area contributed by atoms with Crippen LogP contribution in [-0.2, 0) is 0 Å². The number of aromatic nitrogens is 5. The molecule has 7 heteroatoms. The highest BCUT2D eigenvalue weighted by atomic mass is 32.1. The standard InChI is InChI=1S/C46H27N5OS/c1-2-12-28(13-3-1)29-24-26-30(27-25-29)43-48-44(50-46(49-43)51-37-20-7-4-14-31(37)32-15-5-8-21-38(32)51)34-17-11-22-39-41(34)33-16-10-18-35(42(33)52-39)45-47-36-19-6-9-23-40(36)53-45/h1-27H. The molecule has 0 atom stereocenters. The third-order valence-electron chi connectivity index (χ3n) is 9.94. The van der Waals surface area contributed by atoms with Gasteiger partial charge in [-0.2, -0.15) is 9.97 Å². The van der Waals surface area contributed by atoms with E-state index in [4.69, 9.17) is 24.4 Å². The molecule has 0 saturated heterocycles. The van der Waals surface area contributed by atoms with Gasteiger partial charge in [0.15, 0.2) is 11.6 Å². The summed E-state index contributed by atoms with van der Waals surface area (Å²) in [7, 11) is 0. The van der Waals surface area contributed by atoms with Gasteiger partial charge in [0.05, 0.1) is 26.8 Å². The highest BCUT2D eigenvalue weighted by molar-refractivity contribution is 7.21. The molecule has 11 rings (SSSR count). The Morgan fingerprint density at radius 1 is 0.453 bits per heavy atom. The van der Waals surface area contributed by atoms with Gasteiger partial charge in [-0.1, -0.05) is 127 Å². The Morgan fingerprint density at radius 2 is 1.08 bits per heavy atom. The van der Waals surface area contributed by atoms with Crippen LogP contribution in [-0.4, -0.2) is 24.5 Å². The van der Waals surface area contributed by atoms with Gasteiger partial charge >= 0.3 is 0 Å². The van der Waals surface area contributed by atoms with Gasteiger partial charge in [0, 0.05) is 32.7 Å². The molecule has 0 aliphatic heterocycles. The fourth-order valence-electron chi connectivity index (χ4n) is 7.48. The quantitative estimate of drug-likeness (QED) is 0.179. The van der Waals surface area contributed by atoms with E-state index in [9.17, 15) is 0 Å². The second-order valence-corrected chi connectivity index (χ2v) is 14.1. The third-order valence-corrected chi connectivity index (χ3v) is 11.0. The van der Waals surface area contributed by atoms with Crippen molar-refractivity contribution < 1.29 is 4.42 Å². The predicted octanol–water partition coefficient (Wildman–Crippen LogP) is 12.1. The molecule has 0 aliphatic rings. The van der Waals surface area contributed by atoms with Crippen LogP contribution in [0.2, 0.25) is 0 Å². The lowest BCUT2D eigenvalue weighted by Crippen LogP contribution is -2.06. The summed E-state index contributed by atoms with van der Waals surface area (Å²) in [5.74, 6) is 1.71. The molecule has 53 heavy (non-hydrogen) atoms. The van der Waals surface area contributed by atoms with Crippen LogP contribution in [0.4, 0.5) is 0 Å². The van der Waals surface area contributed by atoms with E-state index in [1.54, 1.807) is 11.3 Å². The van der Waals surface area contributed by atoms with Gasteiger partial charge < -0.3 is 4.42 Å². The van der Waals surface area contributed by atoms with Crippen LogP contribution in [0.5, 0.6) is 0 Å². The van der Waals surface area contributed by atoms with E-state index in [1.165, 1.54) is 0 Å². The van der Waals surface area contributed by atoms with Crippen molar-refractivity contribution in [3.63, 3.8) is 0 Å². The topological polar surface area (TPSA) is 69.6 Å². The number of furan rings is 1. The average molecular weight is 698 g/mol. The largest absolute Gasteiger partial charge is 0.455 e. The zero-order chi connectivity index (χ0) is 34.9. The van der Waals surface area contributed by atoms with Gasteiger partial charge in [-0.3, -0.25) is 4.57 Å². The first-order chi connectivity index (χ1) is 26.3. The molecule has 4 aromatic heterocycles. The van der Waals surface area contributed by atoms with Crippen LogP contribution >= 0.6 is 11.3 Å². The van der Waals surface area contributed by atoms with E-state index >= 15 is 0 Å². The van der Waals surface area contributed by atoms with Gasteiger partial charge in [-0.15, -0.1) is 11.3 Å².